The van der Waals surface area contributed by atoms with Crippen LogP contribution in [0.25, 0.3) is 10.4 Å². The van der Waals surface area contributed by atoms with Gasteiger partial charge in [-0.3, -0.25) is 0 Å². The van der Waals surface area contributed by atoms with E-state index >= 15 is 0 Å². The molecule has 0 unspecified atom stereocenters. The summed E-state index contributed by atoms with van der Waals surface area (Å²) in [4.78, 5) is 0. The van der Waals surface area contributed by atoms with Crippen LogP contribution < -0.4 is 0 Å². The molecule has 2 aromatic rings. The zero-order chi connectivity index (χ0) is 17.9. The van der Waals surface area contributed by atoms with E-state index in [4.69, 9.17) is 0 Å². The molecule has 2 radical (unpaired) electrons. The first kappa shape index (κ1) is 17.5. The molecule has 2 aliphatic rings. The molecule has 4 rings (SSSR count). The molecular weight excluding hydrogens is 452 g/mol. The molecule has 0 amide bonds. The molecule has 0 nitrogen and oxygen atoms in total. The summed E-state index contributed by atoms with van der Waals surface area (Å²) in [5, 5.41) is 3.11. The number of hydrogen-bond donors (Lipinski definition) is 0. The second-order valence-corrected chi connectivity index (χ2v) is 13.4. The summed E-state index contributed by atoms with van der Waals surface area (Å²) in [6.45, 7) is 9.53. The van der Waals surface area contributed by atoms with Crippen LogP contribution in [0.3, 0.4) is 0 Å². The van der Waals surface area contributed by atoms with E-state index in [1.54, 1.807) is 10.4 Å². The monoisotopic (exact) mass is 470 g/mol. The highest BCUT2D eigenvalue weighted by Crippen LogP contribution is 2.51. The number of fused-ring (bicyclic) bond motifs is 2. The van der Waals surface area contributed by atoms with E-state index in [2.05, 4.69) is 108 Å². The highest BCUT2D eigenvalue weighted by Gasteiger charge is 2.41. The number of rotatable bonds is 2. The van der Waals surface area contributed by atoms with Crippen LogP contribution in [0.15, 0.2) is 56.5 Å². The first-order valence-corrected chi connectivity index (χ1v) is 13.1. The molecule has 0 saturated heterocycles. The molecule has 0 bridgehead atoms. The van der Waals surface area contributed by atoms with Crippen molar-refractivity contribution in [1.29, 1.82) is 0 Å². The van der Waals surface area contributed by atoms with Crippen molar-refractivity contribution in [3.63, 3.8) is 0 Å². The number of hydrogen-bond acceptors (Lipinski definition) is 0. The zero-order valence-electron chi connectivity index (χ0n) is 14.9. The summed E-state index contributed by atoms with van der Waals surface area (Å²) in [7, 11) is -1.89. The van der Waals surface area contributed by atoms with Crippen molar-refractivity contribution < 1.29 is 0 Å². The van der Waals surface area contributed by atoms with Crippen molar-refractivity contribution in [3.8, 4) is 0 Å². The second-order valence-electron chi connectivity index (χ2n) is 7.44. The number of benzene rings is 2. The van der Waals surface area contributed by atoms with Gasteiger partial charge >= 0.3 is 0 Å². The highest BCUT2D eigenvalue weighted by molar-refractivity contribution is 9.10. The van der Waals surface area contributed by atoms with Crippen molar-refractivity contribution in [1.82, 2.24) is 0 Å². The maximum atomic E-state index is 3.81. The van der Waals surface area contributed by atoms with E-state index < -0.39 is 8.07 Å². The minimum absolute atomic E-state index is 1.21. The molecule has 0 saturated carbocycles. The van der Waals surface area contributed by atoms with Crippen LogP contribution in [0.2, 0.25) is 13.1 Å². The predicted octanol–water partition coefficient (Wildman–Crippen LogP) is 7.38. The molecule has 3 heteroatoms. The Morgan fingerprint density at radius 3 is 1.48 bits per heavy atom. The van der Waals surface area contributed by atoms with Gasteiger partial charge in [0.2, 0.25) is 0 Å². The lowest BCUT2D eigenvalue weighted by molar-refractivity contribution is 1.44. The van der Waals surface area contributed by atoms with Crippen LogP contribution in [-0.4, -0.2) is 8.07 Å². The van der Waals surface area contributed by atoms with Gasteiger partial charge in [-0.15, -0.1) is 0 Å². The van der Waals surface area contributed by atoms with Crippen molar-refractivity contribution in [3.05, 3.63) is 91.6 Å². The Labute approximate surface area is 168 Å². The fraction of sp³-hybridized carbons (Fsp3) is 0.182. The normalized spacial score (nSPS) is 16.6. The summed E-state index contributed by atoms with van der Waals surface area (Å²) < 4.78 is 2.42. The van der Waals surface area contributed by atoms with Crippen molar-refractivity contribution in [2.45, 2.75) is 26.9 Å². The van der Waals surface area contributed by atoms with E-state index in [0.717, 1.165) is 0 Å². The summed E-state index contributed by atoms with van der Waals surface area (Å²) in [5.74, 6) is 0. The molecule has 25 heavy (non-hydrogen) atoms. The molecule has 0 aromatic heterocycles. The Bertz CT molecular complexity index is 886. The second kappa shape index (κ2) is 6.07. The summed E-state index contributed by atoms with van der Waals surface area (Å²) >= 11 is 7.63. The van der Waals surface area contributed by atoms with Gasteiger partial charge in [-0.2, -0.15) is 0 Å². The fourth-order valence-electron chi connectivity index (χ4n) is 4.59. The van der Waals surface area contributed by atoms with E-state index in [1.807, 2.05) is 0 Å². The third-order valence-corrected chi connectivity index (χ3v) is 10.5. The van der Waals surface area contributed by atoms with Crippen molar-refractivity contribution in [2.24, 2.45) is 0 Å². The Morgan fingerprint density at radius 1 is 0.680 bits per heavy atom. The standard InChI is InChI=1S/C22H20Br2Si/c1-13-11-15-7-5-9-17(23)19(15)21(13)25(3,4)22-14(2)12-16-8-6-10-18(24)20(16)22/h5-12H,1-4H3. The van der Waals surface area contributed by atoms with Crippen molar-refractivity contribution >= 4 is 50.3 Å². The van der Waals surface area contributed by atoms with Gasteiger partial charge < -0.3 is 0 Å². The largest absolute Gasteiger partial charge is 0.113 e. The smallest absolute Gasteiger partial charge is 0.0645 e. The summed E-state index contributed by atoms with van der Waals surface area (Å²) in [6, 6.07) is 13.1. The van der Waals surface area contributed by atoms with E-state index in [9.17, 15) is 0 Å². The summed E-state index contributed by atoms with van der Waals surface area (Å²) in [6.07, 6.45) is 4.69. The Balaban J connectivity index is 1.94. The Kier molecular flexibility index (Phi) is 4.25. The molecule has 0 heterocycles. The molecule has 0 aliphatic heterocycles. The third kappa shape index (κ3) is 2.58. The molecule has 0 spiro atoms. The van der Waals surface area contributed by atoms with Gasteiger partial charge in [0.15, 0.2) is 0 Å². The van der Waals surface area contributed by atoms with Crippen LogP contribution in [0.1, 0.15) is 36.1 Å². The molecule has 2 aliphatic carbocycles. The SMILES string of the molecule is CC1=C([Si](C)(C)C2=C(C)[CH]c3cccc(Br)c32)c2c(Br)cccc2[CH]1. The van der Waals surface area contributed by atoms with Gasteiger partial charge in [0.25, 0.3) is 0 Å². The lowest BCUT2D eigenvalue weighted by Crippen LogP contribution is -2.31. The number of halogens is 2. The third-order valence-electron chi connectivity index (χ3n) is 5.37. The minimum atomic E-state index is -1.89. The lowest BCUT2D eigenvalue weighted by atomic mass is 10.1. The maximum Gasteiger partial charge on any atom is 0.113 e. The first-order valence-electron chi connectivity index (χ1n) is 8.52. The average Bonchev–Trinajstić information content (AvgIpc) is 3.05. The van der Waals surface area contributed by atoms with Crippen LogP contribution in [0.4, 0.5) is 0 Å². The predicted molar refractivity (Wildman–Crippen MR) is 118 cm³/mol. The fourth-order valence-corrected chi connectivity index (χ4v) is 10.3. The molecule has 0 N–H and O–H groups in total. The zero-order valence-corrected chi connectivity index (χ0v) is 19.0. The van der Waals surface area contributed by atoms with Gasteiger partial charge in [0.1, 0.15) is 8.07 Å². The van der Waals surface area contributed by atoms with Crippen LogP contribution in [0.5, 0.6) is 0 Å². The minimum Gasteiger partial charge on any atom is -0.0645 e. The van der Waals surface area contributed by atoms with Gasteiger partial charge in [0, 0.05) is 21.8 Å². The average molecular weight is 472 g/mol. The topological polar surface area (TPSA) is 0 Å². The van der Waals surface area contributed by atoms with Crippen molar-refractivity contribution in [2.75, 3.05) is 0 Å². The van der Waals surface area contributed by atoms with Gasteiger partial charge in [-0.05, 0) is 58.6 Å². The molecule has 2 aromatic carbocycles. The van der Waals surface area contributed by atoms with Crippen LogP contribution in [-0.2, 0) is 0 Å². The maximum absolute atomic E-state index is 3.81. The molecule has 0 fully saturated rings. The molecule has 126 valence electrons. The first-order chi connectivity index (χ1) is 11.8. The van der Waals surface area contributed by atoms with Crippen LogP contribution >= 0.6 is 31.9 Å². The van der Waals surface area contributed by atoms with Gasteiger partial charge in [0.05, 0.1) is 0 Å². The Morgan fingerprint density at radius 2 is 1.08 bits per heavy atom. The van der Waals surface area contributed by atoms with Gasteiger partial charge in [-0.1, -0.05) is 80.4 Å². The van der Waals surface area contributed by atoms with Gasteiger partial charge in [-0.25, -0.2) is 0 Å². The number of allylic oxidation sites excluding steroid dienone is 2. The van der Waals surface area contributed by atoms with E-state index in [1.165, 1.54) is 42.3 Å². The lowest BCUT2D eigenvalue weighted by Gasteiger charge is -2.31. The highest BCUT2D eigenvalue weighted by atomic mass is 79.9. The van der Waals surface area contributed by atoms with E-state index in [-0.39, 0.29) is 0 Å². The van der Waals surface area contributed by atoms with Crippen LogP contribution in [0, 0.1) is 12.8 Å². The quantitative estimate of drug-likeness (QED) is 0.400. The molecule has 0 atom stereocenters. The Hall–Kier alpha value is -0.903. The molecular formula is C22H20Br2Si. The van der Waals surface area contributed by atoms with E-state index in [0.29, 0.717) is 0 Å². The summed E-state index contributed by atoms with van der Waals surface area (Å²) in [5.41, 5.74) is 8.32.